The minimum absolute atomic E-state index is 0.0170. The molecule has 1 saturated heterocycles. The van der Waals surface area contributed by atoms with Gasteiger partial charge in [0.25, 0.3) is 0 Å². The first-order valence-electron chi connectivity index (χ1n) is 16.6. The largest absolute Gasteiger partial charge is 0.493 e. The van der Waals surface area contributed by atoms with Crippen LogP contribution in [0.2, 0.25) is 0 Å². The summed E-state index contributed by atoms with van der Waals surface area (Å²) in [6, 6.07) is 37.0. The highest BCUT2D eigenvalue weighted by Crippen LogP contribution is 2.47. The normalized spacial score (nSPS) is 24.3. The highest BCUT2D eigenvalue weighted by molar-refractivity contribution is 5.48. The molecule has 2 aliphatic carbocycles. The van der Waals surface area contributed by atoms with Crippen molar-refractivity contribution < 1.29 is 18.9 Å². The van der Waals surface area contributed by atoms with E-state index in [0.29, 0.717) is 30.3 Å². The summed E-state index contributed by atoms with van der Waals surface area (Å²) in [5, 5.41) is 0. The van der Waals surface area contributed by atoms with E-state index in [1.165, 1.54) is 40.7 Å². The molecule has 0 N–H and O–H groups in total. The lowest BCUT2D eigenvalue weighted by molar-refractivity contribution is -0.163. The first-order valence-corrected chi connectivity index (χ1v) is 16.6. The summed E-state index contributed by atoms with van der Waals surface area (Å²) in [6.07, 6.45) is 7.94. The van der Waals surface area contributed by atoms with Gasteiger partial charge in [-0.05, 0) is 115 Å². The molecule has 0 radical (unpaired) electrons. The van der Waals surface area contributed by atoms with Gasteiger partial charge in [0.1, 0.15) is 18.1 Å². The molecule has 2 fully saturated rings. The highest BCUT2D eigenvalue weighted by atomic mass is 16.7. The summed E-state index contributed by atoms with van der Waals surface area (Å²) >= 11 is 0. The first kappa shape index (κ1) is 29.1. The molecule has 0 bridgehead atoms. The molecular formula is C40H44O4. The van der Waals surface area contributed by atoms with Crippen LogP contribution in [0.4, 0.5) is 0 Å². The molecule has 228 valence electrons. The van der Waals surface area contributed by atoms with E-state index in [-0.39, 0.29) is 6.29 Å². The van der Waals surface area contributed by atoms with E-state index in [1.807, 2.05) is 6.07 Å². The molecule has 1 aliphatic heterocycles. The summed E-state index contributed by atoms with van der Waals surface area (Å²) in [7, 11) is 0. The van der Waals surface area contributed by atoms with Gasteiger partial charge in [0.05, 0.1) is 13.2 Å². The van der Waals surface area contributed by atoms with Gasteiger partial charge < -0.3 is 18.9 Å². The van der Waals surface area contributed by atoms with E-state index in [0.717, 1.165) is 63.4 Å². The molecule has 3 aliphatic rings. The summed E-state index contributed by atoms with van der Waals surface area (Å²) < 4.78 is 24.1. The Morgan fingerprint density at radius 3 is 2.30 bits per heavy atom. The first-order chi connectivity index (χ1) is 21.8. The Hall–Kier alpha value is -3.60. The number of hydrogen-bond acceptors (Lipinski definition) is 4. The average molecular weight is 589 g/mol. The summed E-state index contributed by atoms with van der Waals surface area (Å²) in [6.45, 7) is 3.01. The maximum Gasteiger partial charge on any atom is 0.157 e. The Bertz CT molecular complexity index is 1460. The molecule has 0 amide bonds. The van der Waals surface area contributed by atoms with Gasteiger partial charge in [-0.15, -0.1) is 0 Å². The molecule has 4 aromatic carbocycles. The second kappa shape index (κ2) is 14.0. The molecule has 0 spiro atoms. The molecule has 1 heterocycles. The Balaban J connectivity index is 0.997. The van der Waals surface area contributed by atoms with E-state index in [9.17, 15) is 0 Å². The zero-order valence-electron chi connectivity index (χ0n) is 25.6. The molecule has 4 heteroatoms. The van der Waals surface area contributed by atoms with E-state index in [4.69, 9.17) is 18.9 Å². The van der Waals surface area contributed by atoms with Gasteiger partial charge in [-0.1, -0.05) is 78.9 Å². The Kier molecular flexibility index (Phi) is 9.27. The van der Waals surface area contributed by atoms with Crippen LogP contribution in [0.1, 0.15) is 78.2 Å². The third-order valence-electron chi connectivity index (χ3n) is 9.76. The molecule has 2 unspecified atom stereocenters. The van der Waals surface area contributed by atoms with E-state index < -0.39 is 0 Å². The molecule has 4 nitrogen and oxygen atoms in total. The SMILES string of the molecule is c1ccc(COc2ccc3c(c2)CC[C@H](c2ccccc2)[C@@H]3c2ccc(OCC3C[C@H]3CCOC3CCCCO3)cc2)cc1. The van der Waals surface area contributed by atoms with E-state index >= 15 is 0 Å². The van der Waals surface area contributed by atoms with Crippen molar-refractivity contribution in [1.82, 2.24) is 0 Å². The fourth-order valence-electron chi connectivity index (χ4n) is 7.13. The fraction of sp³-hybridized carbons (Fsp3) is 0.400. The van der Waals surface area contributed by atoms with E-state index in [2.05, 4.69) is 97.1 Å². The van der Waals surface area contributed by atoms with Crippen molar-refractivity contribution in [3.8, 4) is 11.5 Å². The lowest BCUT2D eigenvalue weighted by Gasteiger charge is -2.35. The van der Waals surface area contributed by atoms with Crippen LogP contribution < -0.4 is 9.47 Å². The van der Waals surface area contributed by atoms with Gasteiger partial charge in [-0.25, -0.2) is 0 Å². The van der Waals surface area contributed by atoms with Gasteiger partial charge in [0, 0.05) is 12.5 Å². The number of benzene rings is 4. The van der Waals surface area contributed by atoms with Crippen molar-refractivity contribution in [3.05, 3.63) is 131 Å². The zero-order valence-corrected chi connectivity index (χ0v) is 25.6. The predicted molar refractivity (Wildman–Crippen MR) is 174 cm³/mol. The van der Waals surface area contributed by atoms with Gasteiger partial charge >= 0.3 is 0 Å². The lowest BCUT2D eigenvalue weighted by atomic mass is 9.69. The van der Waals surface area contributed by atoms with Crippen molar-refractivity contribution in [2.75, 3.05) is 19.8 Å². The molecule has 0 aromatic heterocycles. The van der Waals surface area contributed by atoms with Gasteiger partial charge in [-0.3, -0.25) is 0 Å². The standard InChI is InChI=1S/C40H44O4/c1-3-9-29(10-4-1)27-43-36-19-21-38-33(26-36)16-20-37(30-11-5-2-6-12-30)40(38)31-14-17-35(18-15-31)44-28-34-25-32(34)22-24-42-39-13-7-8-23-41-39/h1-6,9-12,14-15,17-19,21,26,32,34,37,39-40H,7-8,13,16,20,22-25,27-28H2/t32-,34?,37-,39?,40+/m1/s1. The minimum Gasteiger partial charge on any atom is -0.493 e. The van der Waals surface area contributed by atoms with Crippen LogP contribution in [-0.4, -0.2) is 26.1 Å². The average Bonchev–Trinajstić information content (AvgIpc) is 3.85. The molecule has 5 atom stereocenters. The molecule has 4 aromatic rings. The third kappa shape index (κ3) is 7.20. The topological polar surface area (TPSA) is 36.9 Å². The highest BCUT2D eigenvalue weighted by Gasteiger charge is 2.37. The number of fused-ring (bicyclic) bond motifs is 1. The molecular weight excluding hydrogens is 544 g/mol. The van der Waals surface area contributed by atoms with Gasteiger partial charge in [-0.2, -0.15) is 0 Å². The van der Waals surface area contributed by atoms with Crippen LogP contribution >= 0.6 is 0 Å². The van der Waals surface area contributed by atoms with Crippen molar-refractivity contribution in [2.45, 2.75) is 69.7 Å². The number of ether oxygens (including phenoxy) is 4. The summed E-state index contributed by atoms with van der Waals surface area (Å²) in [5.74, 6) is 3.98. The number of aryl methyl sites for hydroxylation is 1. The van der Waals surface area contributed by atoms with Crippen molar-refractivity contribution in [2.24, 2.45) is 11.8 Å². The molecule has 7 rings (SSSR count). The van der Waals surface area contributed by atoms with Crippen LogP contribution in [0.5, 0.6) is 11.5 Å². The fourth-order valence-corrected chi connectivity index (χ4v) is 7.13. The minimum atomic E-state index is 0.0170. The summed E-state index contributed by atoms with van der Waals surface area (Å²) in [5.41, 5.74) is 6.74. The van der Waals surface area contributed by atoms with Crippen LogP contribution in [0.15, 0.2) is 103 Å². The number of rotatable bonds is 12. The Morgan fingerprint density at radius 1 is 0.705 bits per heavy atom. The van der Waals surface area contributed by atoms with Crippen LogP contribution in [0.3, 0.4) is 0 Å². The monoisotopic (exact) mass is 588 g/mol. The van der Waals surface area contributed by atoms with Crippen molar-refractivity contribution in [3.63, 3.8) is 0 Å². The molecule has 44 heavy (non-hydrogen) atoms. The third-order valence-corrected chi connectivity index (χ3v) is 9.76. The maximum absolute atomic E-state index is 6.28. The quantitative estimate of drug-likeness (QED) is 0.165. The molecule has 1 saturated carbocycles. The Morgan fingerprint density at radius 2 is 1.50 bits per heavy atom. The maximum atomic E-state index is 6.28. The van der Waals surface area contributed by atoms with Gasteiger partial charge in [0.15, 0.2) is 6.29 Å². The summed E-state index contributed by atoms with van der Waals surface area (Å²) in [4.78, 5) is 0. The lowest BCUT2D eigenvalue weighted by Crippen LogP contribution is -2.22. The smallest absolute Gasteiger partial charge is 0.157 e. The number of hydrogen-bond donors (Lipinski definition) is 0. The van der Waals surface area contributed by atoms with Crippen molar-refractivity contribution in [1.29, 1.82) is 0 Å². The second-order valence-electron chi connectivity index (χ2n) is 12.8. The van der Waals surface area contributed by atoms with Gasteiger partial charge in [0.2, 0.25) is 0 Å². The second-order valence-corrected chi connectivity index (χ2v) is 12.8. The predicted octanol–water partition coefficient (Wildman–Crippen LogP) is 9.08. The van der Waals surface area contributed by atoms with Crippen molar-refractivity contribution >= 4 is 0 Å². The van der Waals surface area contributed by atoms with E-state index in [1.54, 1.807) is 0 Å². The Labute approximate surface area is 262 Å². The van der Waals surface area contributed by atoms with Crippen LogP contribution in [0.25, 0.3) is 0 Å². The van der Waals surface area contributed by atoms with Crippen LogP contribution in [0, 0.1) is 11.8 Å². The zero-order chi connectivity index (χ0) is 29.6. The van der Waals surface area contributed by atoms with Crippen LogP contribution in [-0.2, 0) is 22.5 Å².